The van der Waals surface area contributed by atoms with E-state index in [1.165, 1.54) is 0 Å². The van der Waals surface area contributed by atoms with Gasteiger partial charge < -0.3 is 15.4 Å². The Hall–Kier alpha value is -1.33. The highest BCUT2D eigenvalue weighted by atomic mass is 16.4. The molecule has 0 aromatic heterocycles. The van der Waals surface area contributed by atoms with Crippen LogP contribution in [0.2, 0.25) is 0 Å². The summed E-state index contributed by atoms with van der Waals surface area (Å²) in [6, 6.07) is 5.04. The number of amides is 1. The number of carbonyl (C=O) groups excluding carboxylic acids is 1. The zero-order valence-electron chi connectivity index (χ0n) is 11.8. The molecular weight excluding hydrogens is 241 g/mol. The minimum Gasteiger partial charge on any atom is -0.423 e. The van der Waals surface area contributed by atoms with Gasteiger partial charge in [-0.3, -0.25) is 4.79 Å². The van der Waals surface area contributed by atoms with Crippen LogP contribution in [0.15, 0.2) is 18.2 Å². The summed E-state index contributed by atoms with van der Waals surface area (Å²) in [4.78, 5) is 12.0. The van der Waals surface area contributed by atoms with Crippen molar-refractivity contribution in [3.63, 3.8) is 0 Å². The largest absolute Gasteiger partial charge is 0.488 e. The maximum Gasteiger partial charge on any atom is 0.488 e. The quantitative estimate of drug-likeness (QED) is 0.662. The van der Waals surface area contributed by atoms with Crippen molar-refractivity contribution in [2.75, 3.05) is 6.54 Å². The van der Waals surface area contributed by atoms with Gasteiger partial charge in [0.05, 0.1) is 0 Å². The van der Waals surface area contributed by atoms with Gasteiger partial charge in [0, 0.05) is 12.1 Å². The van der Waals surface area contributed by atoms with E-state index in [0.717, 1.165) is 12.0 Å². The van der Waals surface area contributed by atoms with Crippen molar-refractivity contribution in [2.45, 2.75) is 33.6 Å². The van der Waals surface area contributed by atoms with Crippen molar-refractivity contribution in [1.29, 1.82) is 0 Å². The van der Waals surface area contributed by atoms with Crippen LogP contribution in [0.1, 0.15) is 43.1 Å². The van der Waals surface area contributed by atoms with Crippen LogP contribution in [-0.2, 0) is 6.42 Å². The van der Waals surface area contributed by atoms with Crippen LogP contribution < -0.4 is 10.8 Å². The molecule has 1 amide bonds. The van der Waals surface area contributed by atoms with Crippen LogP contribution >= 0.6 is 0 Å². The third-order valence-corrected chi connectivity index (χ3v) is 3.38. The van der Waals surface area contributed by atoms with Gasteiger partial charge in [-0.2, -0.15) is 0 Å². The SMILES string of the molecule is CCc1ccc(C(=O)NCC(C)CC)cc1B(O)O. The maximum absolute atomic E-state index is 12.0. The van der Waals surface area contributed by atoms with E-state index >= 15 is 0 Å². The fourth-order valence-corrected chi connectivity index (χ4v) is 1.81. The summed E-state index contributed by atoms with van der Waals surface area (Å²) >= 11 is 0. The first-order valence-electron chi connectivity index (χ1n) is 6.76. The average molecular weight is 263 g/mol. The van der Waals surface area contributed by atoms with Gasteiger partial charge in [0.25, 0.3) is 5.91 Å². The molecule has 0 aliphatic rings. The first-order chi connectivity index (χ1) is 8.99. The molecule has 0 fully saturated rings. The van der Waals surface area contributed by atoms with E-state index in [1.54, 1.807) is 18.2 Å². The van der Waals surface area contributed by atoms with Gasteiger partial charge in [0.15, 0.2) is 0 Å². The fraction of sp³-hybridized carbons (Fsp3) is 0.500. The Morgan fingerprint density at radius 2 is 2.05 bits per heavy atom. The molecule has 1 atom stereocenters. The summed E-state index contributed by atoms with van der Waals surface area (Å²) in [6.45, 7) is 6.71. The molecule has 0 radical (unpaired) electrons. The molecule has 4 nitrogen and oxygen atoms in total. The van der Waals surface area contributed by atoms with Crippen molar-refractivity contribution in [3.8, 4) is 0 Å². The van der Waals surface area contributed by atoms with Crippen LogP contribution in [0.3, 0.4) is 0 Å². The van der Waals surface area contributed by atoms with Gasteiger partial charge in [0.2, 0.25) is 0 Å². The molecule has 0 aliphatic heterocycles. The highest BCUT2D eigenvalue weighted by Gasteiger charge is 2.17. The zero-order valence-corrected chi connectivity index (χ0v) is 11.8. The summed E-state index contributed by atoms with van der Waals surface area (Å²) in [7, 11) is -1.54. The summed E-state index contributed by atoms with van der Waals surface area (Å²) < 4.78 is 0. The van der Waals surface area contributed by atoms with E-state index in [2.05, 4.69) is 19.2 Å². The lowest BCUT2D eigenvalue weighted by molar-refractivity contribution is 0.0948. The molecule has 1 unspecified atom stereocenters. The average Bonchev–Trinajstić information content (AvgIpc) is 2.43. The van der Waals surface area contributed by atoms with Crippen LogP contribution in [0.25, 0.3) is 0 Å². The van der Waals surface area contributed by atoms with Crippen LogP contribution in [0.4, 0.5) is 0 Å². The molecule has 0 spiro atoms. The predicted octanol–water partition coefficient (Wildman–Crippen LogP) is 0.705. The smallest absolute Gasteiger partial charge is 0.423 e. The van der Waals surface area contributed by atoms with Crippen molar-refractivity contribution in [2.24, 2.45) is 5.92 Å². The van der Waals surface area contributed by atoms with E-state index in [4.69, 9.17) is 0 Å². The van der Waals surface area contributed by atoms with Gasteiger partial charge in [0.1, 0.15) is 0 Å². The molecule has 0 aliphatic carbocycles. The van der Waals surface area contributed by atoms with Gasteiger partial charge in [-0.15, -0.1) is 0 Å². The van der Waals surface area contributed by atoms with Crippen LogP contribution in [0, 0.1) is 5.92 Å². The van der Waals surface area contributed by atoms with Crippen molar-refractivity contribution in [1.82, 2.24) is 5.32 Å². The second-order valence-electron chi connectivity index (χ2n) is 4.86. The van der Waals surface area contributed by atoms with Crippen molar-refractivity contribution < 1.29 is 14.8 Å². The molecule has 1 aromatic rings. The normalized spacial score (nSPS) is 12.1. The Morgan fingerprint density at radius 1 is 1.37 bits per heavy atom. The minimum absolute atomic E-state index is 0.176. The maximum atomic E-state index is 12.0. The Kier molecular flexibility index (Phi) is 6.05. The van der Waals surface area contributed by atoms with Gasteiger partial charge in [-0.25, -0.2) is 0 Å². The summed E-state index contributed by atoms with van der Waals surface area (Å²) in [6.07, 6.45) is 1.71. The molecule has 1 rings (SSSR count). The highest BCUT2D eigenvalue weighted by molar-refractivity contribution is 6.59. The number of nitrogens with one attached hydrogen (secondary N) is 1. The molecule has 0 saturated carbocycles. The van der Waals surface area contributed by atoms with E-state index < -0.39 is 7.12 Å². The van der Waals surface area contributed by atoms with Gasteiger partial charge in [-0.05, 0) is 35.5 Å². The Labute approximate surface area is 115 Å². The van der Waals surface area contributed by atoms with E-state index in [-0.39, 0.29) is 5.91 Å². The molecule has 19 heavy (non-hydrogen) atoms. The summed E-state index contributed by atoms with van der Waals surface area (Å²) in [5.74, 6) is 0.256. The molecule has 0 bridgehead atoms. The Morgan fingerprint density at radius 3 is 2.58 bits per heavy atom. The van der Waals surface area contributed by atoms with E-state index in [9.17, 15) is 14.8 Å². The number of hydrogen-bond donors (Lipinski definition) is 3. The van der Waals surface area contributed by atoms with Crippen LogP contribution in [0.5, 0.6) is 0 Å². The fourth-order valence-electron chi connectivity index (χ4n) is 1.81. The monoisotopic (exact) mass is 263 g/mol. The minimum atomic E-state index is -1.54. The van der Waals surface area contributed by atoms with Gasteiger partial charge >= 0.3 is 7.12 Å². The molecule has 0 saturated heterocycles. The Bertz CT molecular complexity index is 435. The summed E-state index contributed by atoms with van der Waals surface area (Å²) in [5.41, 5.74) is 1.70. The topological polar surface area (TPSA) is 69.6 Å². The lowest BCUT2D eigenvalue weighted by Crippen LogP contribution is -2.35. The van der Waals surface area contributed by atoms with E-state index in [0.29, 0.717) is 29.9 Å². The van der Waals surface area contributed by atoms with Crippen LogP contribution in [-0.4, -0.2) is 29.6 Å². The number of rotatable bonds is 6. The first kappa shape index (κ1) is 15.7. The molecule has 0 heterocycles. The molecule has 3 N–H and O–H groups in total. The van der Waals surface area contributed by atoms with Crippen molar-refractivity contribution in [3.05, 3.63) is 29.3 Å². The summed E-state index contributed by atoms with van der Waals surface area (Å²) in [5, 5.41) is 21.5. The molecular formula is C14H22BNO3. The standard InChI is InChI=1S/C14H22BNO3/c1-4-10(3)9-16-14(17)12-7-6-11(5-2)13(8-12)15(18)19/h6-8,10,18-19H,4-5,9H2,1-3H3,(H,16,17). The first-order valence-corrected chi connectivity index (χ1v) is 6.76. The second-order valence-corrected chi connectivity index (χ2v) is 4.86. The Balaban J connectivity index is 2.83. The molecule has 1 aromatic carbocycles. The highest BCUT2D eigenvalue weighted by Crippen LogP contribution is 2.05. The molecule has 104 valence electrons. The number of aryl methyl sites for hydroxylation is 1. The van der Waals surface area contributed by atoms with Crippen molar-refractivity contribution >= 4 is 18.5 Å². The lowest BCUT2D eigenvalue weighted by Gasteiger charge is -2.12. The van der Waals surface area contributed by atoms with E-state index in [1.807, 2.05) is 6.92 Å². The second kappa shape index (κ2) is 7.31. The van der Waals surface area contributed by atoms with Gasteiger partial charge in [-0.1, -0.05) is 33.3 Å². The third kappa shape index (κ3) is 4.37. The number of hydrogen-bond acceptors (Lipinski definition) is 3. The zero-order chi connectivity index (χ0) is 14.4. The lowest BCUT2D eigenvalue weighted by atomic mass is 9.75. The molecule has 5 heteroatoms. The third-order valence-electron chi connectivity index (χ3n) is 3.38. The number of benzene rings is 1. The number of carbonyl (C=O) groups is 1. The predicted molar refractivity (Wildman–Crippen MR) is 77.4 cm³/mol.